The molecule has 3 heteroatoms. The van der Waals surface area contributed by atoms with Crippen LogP contribution in [0.1, 0.15) is 0 Å². The highest BCUT2D eigenvalue weighted by Gasteiger charge is 2.07. The van der Waals surface area contributed by atoms with Gasteiger partial charge in [0, 0.05) is 21.7 Å². The first-order chi connectivity index (χ1) is 8.25. The van der Waals surface area contributed by atoms with Crippen molar-refractivity contribution >= 4 is 38.4 Å². The van der Waals surface area contributed by atoms with Crippen molar-refractivity contribution in [1.29, 1.82) is 0 Å². The third-order valence-electron chi connectivity index (χ3n) is 2.76. The van der Waals surface area contributed by atoms with Gasteiger partial charge >= 0.3 is 0 Å². The molecule has 0 radical (unpaired) electrons. The van der Waals surface area contributed by atoms with Crippen molar-refractivity contribution in [2.75, 3.05) is 0 Å². The first-order valence-electron chi connectivity index (χ1n) is 5.27. The largest absolute Gasteiger partial charge is 0.316 e. The lowest BCUT2D eigenvalue weighted by Crippen LogP contribution is -1.90. The number of para-hydroxylation sites is 1. The first-order valence-corrected chi connectivity index (χ1v) is 6.44. The SMILES string of the molecule is Clc1cc(Br)cc2c1ccn2-c1ccccc1. The molecule has 0 saturated carbocycles. The van der Waals surface area contributed by atoms with E-state index in [1.165, 1.54) is 0 Å². The van der Waals surface area contributed by atoms with Gasteiger partial charge in [0.05, 0.1) is 10.5 Å². The summed E-state index contributed by atoms with van der Waals surface area (Å²) in [6.45, 7) is 0. The van der Waals surface area contributed by atoms with Gasteiger partial charge in [-0.1, -0.05) is 45.7 Å². The maximum atomic E-state index is 6.22. The smallest absolute Gasteiger partial charge is 0.0554 e. The first kappa shape index (κ1) is 10.9. The molecule has 17 heavy (non-hydrogen) atoms. The van der Waals surface area contributed by atoms with E-state index in [1.54, 1.807) is 0 Å². The highest BCUT2D eigenvalue weighted by atomic mass is 79.9. The van der Waals surface area contributed by atoms with E-state index >= 15 is 0 Å². The van der Waals surface area contributed by atoms with Crippen LogP contribution in [0.3, 0.4) is 0 Å². The normalized spacial score (nSPS) is 10.9. The molecule has 84 valence electrons. The third-order valence-corrected chi connectivity index (χ3v) is 3.53. The molecule has 0 spiro atoms. The summed E-state index contributed by atoms with van der Waals surface area (Å²) in [4.78, 5) is 0. The van der Waals surface area contributed by atoms with Gasteiger partial charge in [-0.3, -0.25) is 0 Å². The number of hydrogen-bond donors (Lipinski definition) is 0. The van der Waals surface area contributed by atoms with Crippen molar-refractivity contribution in [3.8, 4) is 5.69 Å². The van der Waals surface area contributed by atoms with Crippen molar-refractivity contribution in [1.82, 2.24) is 4.57 Å². The van der Waals surface area contributed by atoms with Crippen molar-refractivity contribution in [2.24, 2.45) is 0 Å². The van der Waals surface area contributed by atoms with Gasteiger partial charge in [0.1, 0.15) is 0 Å². The Hall–Kier alpha value is -1.25. The van der Waals surface area contributed by atoms with E-state index in [0.29, 0.717) is 0 Å². The lowest BCUT2D eigenvalue weighted by molar-refractivity contribution is 1.13. The Kier molecular flexibility index (Phi) is 2.69. The minimum Gasteiger partial charge on any atom is -0.316 e. The summed E-state index contributed by atoms with van der Waals surface area (Å²) >= 11 is 9.70. The average molecular weight is 307 g/mol. The lowest BCUT2D eigenvalue weighted by atomic mass is 10.2. The summed E-state index contributed by atoms with van der Waals surface area (Å²) < 4.78 is 3.12. The van der Waals surface area contributed by atoms with E-state index in [2.05, 4.69) is 38.7 Å². The predicted molar refractivity (Wildman–Crippen MR) is 76.0 cm³/mol. The average Bonchev–Trinajstić information content (AvgIpc) is 2.74. The Morgan fingerprint density at radius 3 is 2.53 bits per heavy atom. The Morgan fingerprint density at radius 1 is 1.00 bits per heavy atom. The highest BCUT2D eigenvalue weighted by molar-refractivity contribution is 9.10. The molecule has 1 aromatic heterocycles. The molecule has 2 aromatic carbocycles. The van der Waals surface area contributed by atoms with Crippen molar-refractivity contribution in [3.05, 3.63) is 64.2 Å². The molecular weight excluding hydrogens is 298 g/mol. The molecular formula is C14H9BrClN. The van der Waals surface area contributed by atoms with Crippen LogP contribution in [0.25, 0.3) is 16.6 Å². The Balaban J connectivity index is 2.32. The van der Waals surface area contributed by atoms with Gasteiger partial charge in [-0.15, -0.1) is 0 Å². The minimum atomic E-state index is 0.768. The van der Waals surface area contributed by atoms with Crippen LogP contribution < -0.4 is 0 Å². The van der Waals surface area contributed by atoms with Gasteiger partial charge in [0.2, 0.25) is 0 Å². The van der Waals surface area contributed by atoms with Gasteiger partial charge in [-0.2, -0.15) is 0 Å². The second kappa shape index (κ2) is 4.21. The van der Waals surface area contributed by atoms with Crippen molar-refractivity contribution < 1.29 is 0 Å². The van der Waals surface area contributed by atoms with Gasteiger partial charge in [-0.05, 0) is 30.3 Å². The Bertz CT molecular complexity index is 673. The fourth-order valence-corrected chi connectivity index (χ4v) is 2.83. The van der Waals surface area contributed by atoms with Crippen LogP contribution in [0, 0.1) is 0 Å². The van der Waals surface area contributed by atoms with E-state index in [1.807, 2.05) is 36.5 Å². The number of fused-ring (bicyclic) bond motifs is 1. The minimum absolute atomic E-state index is 0.768. The molecule has 0 bridgehead atoms. The van der Waals surface area contributed by atoms with E-state index < -0.39 is 0 Å². The second-order valence-corrected chi connectivity index (χ2v) is 5.16. The zero-order chi connectivity index (χ0) is 11.8. The molecule has 0 N–H and O–H groups in total. The van der Waals surface area contributed by atoms with E-state index in [-0.39, 0.29) is 0 Å². The molecule has 0 unspecified atom stereocenters. The highest BCUT2D eigenvalue weighted by Crippen LogP contribution is 2.30. The van der Waals surface area contributed by atoms with Gasteiger partial charge in [0.25, 0.3) is 0 Å². The second-order valence-electron chi connectivity index (χ2n) is 3.84. The lowest BCUT2D eigenvalue weighted by Gasteiger charge is -2.05. The number of rotatable bonds is 1. The number of hydrogen-bond acceptors (Lipinski definition) is 0. The molecule has 1 heterocycles. The van der Waals surface area contributed by atoms with E-state index in [9.17, 15) is 0 Å². The molecule has 0 aliphatic rings. The maximum Gasteiger partial charge on any atom is 0.0554 e. The van der Waals surface area contributed by atoms with Crippen LogP contribution in [-0.4, -0.2) is 4.57 Å². The molecule has 0 aliphatic carbocycles. The van der Waals surface area contributed by atoms with Crippen LogP contribution in [0.5, 0.6) is 0 Å². The summed E-state index contributed by atoms with van der Waals surface area (Å²) in [6.07, 6.45) is 2.04. The van der Waals surface area contributed by atoms with Crippen LogP contribution in [0.2, 0.25) is 5.02 Å². The van der Waals surface area contributed by atoms with E-state index in [4.69, 9.17) is 11.6 Å². The molecule has 3 aromatic rings. The maximum absolute atomic E-state index is 6.22. The molecule has 0 fully saturated rings. The van der Waals surface area contributed by atoms with Gasteiger partial charge in [0.15, 0.2) is 0 Å². The Labute approximate surface area is 113 Å². The summed E-state index contributed by atoms with van der Waals surface area (Å²) in [5, 5.41) is 1.84. The van der Waals surface area contributed by atoms with Crippen LogP contribution in [0.4, 0.5) is 0 Å². The fourth-order valence-electron chi connectivity index (χ4n) is 1.98. The standard InChI is InChI=1S/C14H9BrClN/c15-10-8-13(16)12-6-7-17(14(12)9-10)11-4-2-1-3-5-11/h1-9H. The molecule has 0 atom stereocenters. The molecule has 0 aliphatic heterocycles. The summed E-state index contributed by atoms with van der Waals surface area (Å²) in [5.41, 5.74) is 2.24. The Morgan fingerprint density at radius 2 is 1.76 bits per heavy atom. The summed E-state index contributed by atoms with van der Waals surface area (Å²) in [5.74, 6) is 0. The number of nitrogens with zero attached hydrogens (tertiary/aromatic N) is 1. The summed E-state index contributed by atoms with van der Waals surface area (Å²) in [6, 6.07) is 16.3. The van der Waals surface area contributed by atoms with Gasteiger partial charge in [-0.25, -0.2) is 0 Å². The topological polar surface area (TPSA) is 4.93 Å². The van der Waals surface area contributed by atoms with Crippen molar-refractivity contribution in [2.45, 2.75) is 0 Å². The number of aromatic nitrogens is 1. The zero-order valence-corrected chi connectivity index (χ0v) is 11.2. The number of halogens is 2. The van der Waals surface area contributed by atoms with Gasteiger partial charge < -0.3 is 4.57 Å². The molecule has 0 amide bonds. The summed E-state index contributed by atoms with van der Waals surface area (Å²) in [7, 11) is 0. The quantitative estimate of drug-likeness (QED) is 0.593. The molecule has 0 saturated heterocycles. The molecule has 3 rings (SSSR count). The van der Waals surface area contributed by atoms with Crippen LogP contribution in [0.15, 0.2) is 59.2 Å². The van der Waals surface area contributed by atoms with Crippen molar-refractivity contribution in [3.63, 3.8) is 0 Å². The molecule has 1 nitrogen and oxygen atoms in total. The van der Waals surface area contributed by atoms with Crippen LogP contribution >= 0.6 is 27.5 Å². The fraction of sp³-hybridized carbons (Fsp3) is 0. The van der Waals surface area contributed by atoms with E-state index in [0.717, 1.165) is 26.1 Å². The zero-order valence-electron chi connectivity index (χ0n) is 8.90. The third kappa shape index (κ3) is 1.88. The number of benzene rings is 2. The van der Waals surface area contributed by atoms with Crippen LogP contribution in [-0.2, 0) is 0 Å². The predicted octanol–water partition coefficient (Wildman–Crippen LogP) is 5.05. The monoisotopic (exact) mass is 305 g/mol.